The average Bonchev–Trinajstić information content (AvgIpc) is 2.82. The first-order valence-electron chi connectivity index (χ1n) is 10.6. The summed E-state index contributed by atoms with van der Waals surface area (Å²) in [6, 6.07) is 13.6. The van der Waals surface area contributed by atoms with Crippen LogP contribution in [0.2, 0.25) is 0 Å². The van der Waals surface area contributed by atoms with E-state index in [0.29, 0.717) is 22.6 Å². The zero-order valence-electron chi connectivity index (χ0n) is 18.7. The third-order valence-electron chi connectivity index (χ3n) is 4.90. The molecule has 1 aromatic carbocycles. The maximum Gasteiger partial charge on any atom is 0.254 e. The van der Waals surface area contributed by atoms with Crippen LogP contribution in [0, 0.1) is 12.7 Å². The lowest BCUT2D eigenvalue weighted by atomic mass is 10.1. The first kappa shape index (κ1) is 24.3. The van der Waals surface area contributed by atoms with E-state index >= 15 is 0 Å². The fourth-order valence-corrected chi connectivity index (χ4v) is 3.46. The molecular formula is C25H25BrFN5O. The van der Waals surface area contributed by atoms with Crippen LogP contribution in [-0.2, 0) is 13.1 Å². The normalized spacial score (nSPS) is 10.5. The highest BCUT2D eigenvalue weighted by Gasteiger charge is 2.20. The van der Waals surface area contributed by atoms with E-state index in [0.717, 1.165) is 15.4 Å². The van der Waals surface area contributed by atoms with Crippen LogP contribution in [0.15, 0.2) is 65.4 Å². The van der Waals surface area contributed by atoms with Gasteiger partial charge in [-0.1, -0.05) is 13.8 Å². The zero-order chi connectivity index (χ0) is 24.0. The molecule has 3 heterocycles. The fourth-order valence-electron chi connectivity index (χ4n) is 3.22. The molecule has 0 saturated heterocycles. The predicted molar refractivity (Wildman–Crippen MR) is 132 cm³/mol. The molecule has 170 valence electrons. The van der Waals surface area contributed by atoms with Crippen LogP contribution in [0.1, 0.15) is 41.2 Å². The highest BCUT2D eigenvalue weighted by Crippen LogP contribution is 2.21. The Hall–Kier alpha value is -3.39. The van der Waals surface area contributed by atoms with Gasteiger partial charge in [-0.05, 0) is 76.9 Å². The van der Waals surface area contributed by atoms with E-state index in [9.17, 15) is 9.18 Å². The number of anilines is 1. The number of fused-ring (bicyclic) bond motifs is 1. The van der Waals surface area contributed by atoms with E-state index in [1.807, 2.05) is 39.0 Å². The SMILES string of the molecule is CC.Cc1cc2cc(C(=O)N(Cc3ccc(Br)cn3)Cc3ncccc3F)ccc2nc1N. The Balaban J connectivity index is 0.00000149. The highest BCUT2D eigenvalue weighted by atomic mass is 79.9. The summed E-state index contributed by atoms with van der Waals surface area (Å²) in [6.07, 6.45) is 3.17. The number of nitrogen functional groups attached to an aromatic ring is 1. The van der Waals surface area contributed by atoms with Crippen molar-refractivity contribution in [1.82, 2.24) is 19.9 Å². The van der Waals surface area contributed by atoms with Crippen molar-refractivity contribution < 1.29 is 9.18 Å². The van der Waals surface area contributed by atoms with Crippen LogP contribution in [0.3, 0.4) is 0 Å². The van der Waals surface area contributed by atoms with Gasteiger partial charge in [-0.15, -0.1) is 0 Å². The van der Waals surface area contributed by atoms with Crippen LogP contribution in [-0.4, -0.2) is 25.8 Å². The number of nitrogens with two attached hydrogens (primary N) is 1. The molecule has 8 heteroatoms. The molecule has 33 heavy (non-hydrogen) atoms. The molecular weight excluding hydrogens is 485 g/mol. The summed E-state index contributed by atoms with van der Waals surface area (Å²) in [5.74, 6) is -0.260. The number of carbonyl (C=O) groups excluding carboxylic acids is 1. The monoisotopic (exact) mass is 509 g/mol. The number of rotatable bonds is 5. The Morgan fingerprint density at radius 2 is 1.88 bits per heavy atom. The summed E-state index contributed by atoms with van der Waals surface area (Å²) < 4.78 is 15.1. The van der Waals surface area contributed by atoms with Crippen LogP contribution >= 0.6 is 15.9 Å². The Morgan fingerprint density at radius 3 is 2.58 bits per heavy atom. The Labute approximate surface area is 200 Å². The predicted octanol–water partition coefficient (Wildman–Crippen LogP) is 5.69. The lowest BCUT2D eigenvalue weighted by Crippen LogP contribution is -2.31. The average molecular weight is 510 g/mol. The van der Waals surface area contributed by atoms with Crippen molar-refractivity contribution in [3.05, 3.63) is 93.7 Å². The maximum absolute atomic E-state index is 14.3. The molecule has 6 nitrogen and oxygen atoms in total. The molecule has 2 N–H and O–H groups in total. The molecule has 0 aliphatic carbocycles. The van der Waals surface area contributed by atoms with Gasteiger partial charge < -0.3 is 10.6 Å². The minimum absolute atomic E-state index is 0.0142. The zero-order valence-corrected chi connectivity index (χ0v) is 20.3. The number of hydrogen-bond donors (Lipinski definition) is 1. The molecule has 3 aromatic heterocycles. The Morgan fingerprint density at radius 1 is 1.09 bits per heavy atom. The van der Waals surface area contributed by atoms with Crippen molar-refractivity contribution in [3.8, 4) is 0 Å². The topological polar surface area (TPSA) is 85.0 Å². The minimum Gasteiger partial charge on any atom is -0.383 e. The standard InChI is InChI=1S/C23H19BrFN5O.C2H6/c1-14-9-16-10-15(4-7-20(16)29-22(14)26)23(31)30(12-18-6-5-17(24)11-28-18)13-21-19(25)3-2-8-27-21;1-2/h2-11H,12-13H2,1H3,(H2,26,29);1-2H3. The number of pyridine rings is 3. The van der Waals surface area contributed by atoms with E-state index in [-0.39, 0.29) is 24.7 Å². The molecule has 0 saturated carbocycles. The second-order valence-electron chi connectivity index (χ2n) is 7.16. The number of nitrogens with zero attached hydrogens (tertiary/aromatic N) is 4. The van der Waals surface area contributed by atoms with Gasteiger partial charge in [-0.25, -0.2) is 9.37 Å². The molecule has 4 aromatic rings. The van der Waals surface area contributed by atoms with Gasteiger partial charge >= 0.3 is 0 Å². The number of aryl methyl sites for hydroxylation is 1. The molecule has 0 radical (unpaired) electrons. The van der Waals surface area contributed by atoms with E-state index in [4.69, 9.17) is 5.73 Å². The molecule has 4 rings (SSSR count). The van der Waals surface area contributed by atoms with Gasteiger partial charge in [-0.3, -0.25) is 14.8 Å². The molecule has 0 atom stereocenters. The van der Waals surface area contributed by atoms with E-state index in [1.54, 1.807) is 24.4 Å². The Bertz CT molecular complexity index is 1260. The van der Waals surface area contributed by atoms with Gasteiger partial charge in [0.1, 0.15) is 11.6 Å². The lowest BCUT2D eigenvalue weighted by Gasteiger charge is -2.22. The summed E-state index contributed by atoms with van der Waals surface area (Å²) in [4.78, 5) is 27.8. The van der Waals surface area contributed by atoms with E-state index < -0.39 is 5.82 Å². The lowest BCUT2D eigenvalue weighted by molar-refractivity contribution is 0.0724. The van der Waals surface area contributed by atoms with Crippen molar-refractivity contribution >= 4 is 38.6 Å². The summed E-state index contributed by atoms with van der Waals surface area (Å²) in [6.45, 7) is 6.09. The molecule has 0 aliphatic heterocycles. The van der Waals surface area contributed by atoms with E-state index in [1.165, 1.54) is 23.2 Å². The summed E-state index contributed by atoms with van der Waals surface area (Å²) >= 11 is 3.36. The van der Waals surface area contributed by atoms with Crippen LogP contribution in [0.4, 0.5) is 10.2 Å². The first-order valence-corrected chi connectivity index (χ1v) is 11.4. The minimum atomic E-state index is -0.460. The fraction of sp³-hybridized carbons (Fsp3) is 0.200. The number of hydrogen-bond acceptors (Lipinski definition) is 5. The number of aromatic nitrogens is 3. The number of carbonyl (C=O) groups is 1. The van der Waals surface area contributed by atoms with Crippen molar-refractivity contribution in [1.29, 1.82) is 0 Å². The highest BCUT2D eigenvalue weighted by molar-refractivity contribution is 9.10. The molecule has 0 bridgehead atoms. The van der Waals surface area contributed by atoms with Gasteiger partial charge in [0.2, 0.25) is 0 Å². The summed E-state index contributed by atoms with van der Waals surface area (Å²) in [5, 5.41) is 0.809. The van der Waals surface area contributed by atoms with Gasteiger partial charge in [0, 0.05) is 27.8 Å². The van der Waals surface area contributed by atoms with Gasteiger partial charge in [0.15, 0.2) is 0 Å². The van der Waals surface area contributed by atoms with Gasteiger partial charge in [0.05, 0.1) is 30.0 Å². The maximum atomic E-state index is 14.3. The number of amides is 1. The van der Waals surface area contributed by atoms with Crippen molar-refractivity contribution in [2.24, 2.45) is 0 Å². The number of benzene rings is 1. The van der Waals surface area contributed by atoms with Gasteiger partial charge in [-0.2, -0.15) is 0 Å². The van der Waals surface area contributed by atoms with Gasteiger partial charge in [0.25, 0.3) is 5.91 Å². The smallest absolute Gasteiger partial charge is 0.254 e. The van der Waals surface area contributed by atoms with Crippen molar-refractivity contribution in [2.75, 3.05) is 5.73 Å². The molecule has 0 unspecified atom stereocenters. The molecule has 0 fully saturated rings. The summed E-state index contributed by atoms with van der Waals surface area (Å²) in [7, 11) is 0. The largest absolute Gasteiger partial charge is 0.383 e. The second-order valence-corrected chi connectivity index (χ2v) is 8.07. The Kier molecular flexibility index (Phi) is 8.06. The third-order valence-corrected chi connectivity index (χ3v) is 5.36. The van der Waals surface area contributed by atoms with Crippen molar-refractivity contribution in [2.45, 2.75) is 33.9 Å². The molecule has 1 amide bonds. The van der Waals surface area contributed by atoms with Crippen LogP contribution in [0.25, 0.3) is 10.9 Å². The molecule has 0 aliphatic rings. The summed E-state index contributed by atoms with van der Waals surface area (Å²) in [5.41, 5.74) is 8.77. The van der Waals surface area contributed by atoms with Crippen LogP contribution < -0.4 is 5.73 Å². The first-order chi connectivity index (χ1) is 15.9. The van der Waals surface area contributed by atoms with Crippen LogP contribution in [0.5, 0.6) is 0 Å². The quantitative estimate of drug-likeness (QED) is 0.373. The second kappa shape index (κ2) is 11.0. The molecule has 0 spiro atoms. The van der Waals surface area contributed by atoms with E-state index in [2.05, 4.69) is 30.9 Å². The number of halogens is 2. The third kappa shape index (κ3) is 5.90. The van der Waals surface area contributed by atoms with Crippen molar-refractivity contribution in [3.63, 3.8) is 0 Å².